The molecule has 4 aromatic rings. The third-order valence-electron chi connectivity index (χ3n) is 4.77. The minimum absolute atomic E-state index is 0.144. The predicted molar refractivity (Wildman–Crippen MR) is 122 cm³/mol. The van der Waals surface area contributed by atoms with Gasteiger partial charge in [0.15, 0.2) is 11.0 Å². The lowest BCUT2D eigenvalue weighted by atomic mass is 9.87. The van der Waals surface area contributed by atoms with Crippen LogP contribution in [-0.2, 0) is 18.2 Å². The van der Waals surface area contributed by atoms with Crippen LogP contribution in [0.1, 0.15) is 32.0 Å². The number of hydrogen-bond donors (Lipinski definition) is 0. The molecule has 0 saturated heterocycles. The second-order valence-electron chi connectivity index (χ2n) is 7.99. The van der Waals surface area contributed by atoms with Crippen LogP contribution in [0.2, 0.25) is 0 Å². The first kappa shape index (κ1) is 19.9. The Morgan fingerprint density at radius 1 is 0.931 bits per heavy atom. The van der Waals surface area contributed by atoms with Crippen molar-refractivity contribution in [2.75, 3.05) is 0 Å². The highest BCUT2D eigenvalue weighted by molar-refractivity contribution is 7.98. The van der Waals surface area contributed by atoms with Gasteiger partial charge in [-0.2, -0.15) is 0 Å². The molecule has 2 aromatic carbocycles. The van der Waals surface area contributed by atoms with E-state index in [1.165, 1.54) is 5.56 Å². The standard InChI is InChI=1S/C23H24N4S2/c1-23(2,3)18-12-10-16(11-13-18)20-25-26-22(27(20)4)29-15-19-14-28-21(24-19)17-8-6-5-7-9-17/h5-14H,15H2,1-4H3. The number of thioether (sulfide) groups is 1. The summed E-state index contributed by atoms with van der Waals surface area (Å²) < 4.78 is 2.06. The molecule has 0 atom stereocenters. The topological polar surface area (TPSA) is 43.6 Å². The monoisotopic (exact) mass is 420 g/mol. The number of aromatic nitrogens is 4. The van der Waals surface area contributed by atoms with Crippen LogP contribution in [0.15, 0.2) is 65.1 Å². The first-order valence-corrected chi connectivity index (χ1v) is 11.4. The summed E-state index contributed by atoms with van der Waals surface area (Å²) in [5.74, 6) is 1.66. The SMILES string of the molecule is Cn1c(SCc2csc(-c3ccccc3)n2)nnc1-c1ccc(C(C)(C)C)cc1. The first-order chi connectivity index (χ1) is 13.9. The van der Waals surface area contributed by atoms with Crippen molar-refractivity contribution in [1.29, 1.82) is 0 Å². The molecule has 148 valence electrons. The van der Waals surface area contributed by atoms with Crippen molar-refractivity contribution in [2.24, 2.45) is 7.05 Å². The average molecular weight is 421 g/mol. The van der Waals surface area contributed by atoms with Crippen molar-refractivity contribution in [3.8, 4) is 22.0 Å². The van der Waals surface area contributed by atoms with Crippen LogP contribution < -0.4 is 0 Å². The molecule has 0 aliphatic carbocycles. The van der Waals surface area contributed by atoms with E-state index in [-0.39, 0.29) is 5.41 Å². The van der Waals surface area contributed by atoms with E-state index in [1.807, 2.05) is 25.2 Å². The molecular weight excluding hydrogens is 396 g/mol. The number of benzene rings is 2. The Kier molecular flexibility index (Phi) is 5.56. The van der Waals surface area contributed by atoms with E-state index in [0.29, 0.717) is 0 Å². The van der Waals surface area contributed by atoms with E-state index in [2.05, 4.69) is 77.3 Å². The summed E-state index contributed by atoms with van der Waals surface area (Å²) in [7, 11) is 2.02. The van der Waals surface area contributed by atoms with E-state index in [0.717, 1.165) is 38.6 Å². The molecule has 0 fully saturated rings. The maximum Gasteiger partial charge on any atom is 0.191 e. The minimum Gasteiger partial charge on any atom is -0.305 e. The van der Waals surface area contributed by atoms with Gasteiger partial charge < -0.3 is 4.57 Å². The smallest absolute Gasteiger partial charge is 0.191 e. The zero-order chi connectivity index (χ0) is 20.4. The fourth-order valence-corrected chi connectivity index (χ4v) is 4.77. The quantitative estimate of drug-likeness (QED) is 0.361. The van der Waals surface area contributed by atoms with Gasteiger partial charge >= 0.3 is 0 Å². The van der Waals surface area contributed by atoms with Crippen LogP contribution in [0, 0.1) is 0 Å². The third kappa shape index (κ3) is 4.43. The van der Waals surface area contributed by atoms with Crippen molar-refractivity contribution in [1.82, 2.24) is 19.7 Å². The predicted octanol–water partition coefficient (Wildman–Crippen LogP) is 6.20. The normalized spacial score (nSPS) is 11.7. The number of thiazole rings is 1. The lowest BCUT2D eigenvalue weighted by Gasteiger charge is -2.19. The Hall–Kier alpha value is -2.44. The average Bonchev–Trinajstić information content (AvgIpc) is 3.33. The van der Waals surface area contributed by atoms with Gasteiger partial charge in [0.1, 0.15) is 5.01 Å². The van der Waals surface area contributed by atoms with Gasteiger partial charge in [0.05, 0.1) is 5.69 Å². The van der Waals surface area contributed by atoms with Gasteiger partial charge in [-0.3, -0.25) is 0 Å². The molecule has 0 radical (unpaired) electrons. The fraction of sp³-hybridized carbons (Fsp3) is 0.261. The van der Waals surface area contributed by atoms with Crippen LogP contribution in [0.4, 0.5) is 0 Å². The van der Waals surface area contributed by atoms with E-state index in [1.54, 1.807) is 23.1 Å². The van der Waals surface area contributed by atoms with Crippen LogP contribution in [-0.4, -0.2) is 19.7 Å². The van der Waals surface area contributed by atoms with E-state index >= 15 is 0 Å². The van der Waals surface area contributed by atoms with E-state index in [4.69, 9.17) is 4.98 Å². The summed E-state index contributed by atoms with van der Waals surface area (Å²) in [6, 6.07) is 18.9. The molecule has 0 saturated carbocycles. The van der Waals surface area contributed by atoms with Gasteiger partial charge in [0.25, 0.3) is 0 Å². The number of nitrogens with zero attached hydrogens (tertiary/aromatic N) is 4. The van der Waals surface area contributed by atoms with Crippen LogP contribution >= 0.6 is 23.1 Å². The molecule has 0 bridgehead atoms. The molecule has 0 amide bonds. The molecule has 6 heteroatoms. The highest BCUT2D eigenvalue weighted by Crippen LogP contribution is 2.29. The number of hydrogen-bond acceptors (Lipinski definition) is 5. The zero-order valence-electron chi connectivity index (χ0n) is 17.1. The third-order valence-corrected chi connectivity index (χ3v) is 6.76. The molecule has 4 nitrogen and oxygen atoms in total. The van der Waals surface area contributed by atoms with Gasteiger partial charge in [0.2, 0.25) is 0 Å². The van der Waals surface area contributed by atoms with Crippen molar-refractivity contribution >= 4 is 23.1 Å². The summed E-state index contributed by atoms with van der Waals surface area (Å²) in [5.41, 5.74) is 4.77. The Morgan fingerprint density at radius 2 is 1.66 bits per heavy atom. The molecule has 2 aromatic heterocycles. The van der Waals surface area contributed by atoms with E-state index < -0.39 is 0 Å². The Balaban J connectivity index is 1.46. The lowest BCUT2D eigenvalue weighted by molar-refractivity contribution is 0.590. The van der Waals surface area contributed by atoms with Crippen molar-refractivity contribution in [3.05, 3.63) is 71.2 Å². The molecule has 29 heavy (non-hydrogen) atoms. The van der Waals surface area contributed by atoms with Crippen molar-refractivity contribution < 1.29 is 0 Å². The van der Waals surface area contributed by atoms with Gasteiger partial charge in [-0.25, -0.2) is 4.98 Å². The van der Waals surface area contributed by atoms with Crippen molar-refractivity contribution in [3.63, 3.8) is 0 Å². The minimum atomic E-state index is 0.144. The largest absolute Gasteiger partial charge is 0.305 e. The van der Waals surface area contributed by atoms with Crippen molar-refractivity contribution in [2.45, 2.75) is 37.1 Å². The molecule has 0 spiro atoms. The fourth-order valence-electron chi connectivity index (χ4n) is 3.04. The lowest BCUT2D eigenvalue weighted by Crippen LogP contribution is -2.10. The summed E-state index contributed by atoms with van der Waals surface area (Å²) in [5, 5.41) is 12.9. The van der Waals surface area contributed by atoms with Gasteiger partial charge in [-0.05, 0) is 11.0 Å². The Bertz CT molecular complexity index is 1090. The van der Waals surface area contributed by atoms with Crippen LogP contribution in [0.5, 0.6) is 0 Å². The second-order valence-corrected chi connectivity index (χ2v) is 9.79. The van der Waals surface area contributed by atoms with Gasteiger partial charge in [0, 0.05) is 29.3 Å². The Labute approximate surface area is 180 Å². The maximum atomic E-state index is 4.76. The highest BCUT2D eigenvalue weighted by atomic mass is 32.2. The van der Waals surface area contributed by atoms with Gasteiger partial charge in [-0.1, -0.05) is 87.1 Å². The van der Waals surface area contributed by atoms with Gasteiger partial charge in [-0.15, -0.1) is 21.5 Å². The van der Waals surface area contributed by atoms with Crippen LogP contribution in [0.25, 0.3) is 22.0 Å². The zero-order valence-corrected chi connectivity index (χ0v) is 18.7. The maximum absolute atomic E-state index is 4.76. The highest BCUT2D eigenvalue weighted by Gasteiger charge is 2.16. The molecular formula is C23H24N4S2. The number of rotatable bonds is 5. The molecule has 0 aliphatic heterocycles. The second kappa shape index (κ2) is 8.13. The summed E-state index contributed by atoms with van der Waals surface area (Å²) >= 11 is 3.35. The summed E-state index contributed by atoms with van der Waals surface area (Å²) in [6.07, 6.45) is 0. The van der Waals surface area contributed by atoms with Crippen LogP contribution in [0.3, 0.4) is 0 Å². The molecule has 0 unspecified atom stereocenters. The summed E-state index contributed by atoms with van der Waals surface area (Å²) in [4.78, 5) is 4.76. The van der Waals surface area contributed by atoms with E-state index in [9.17, 15) is 0 Å². The molecule has 0 N–H and O–H groups in total. The summed E-state index contributed by atoms with van der Waals surface area (Å²) in [6.45, 7) is 6.67. The molecule has 2 heterocycles. The molecule has 4 rings (SSSR count). The Morgan fingerprint density at radius 3 is 2.34 bits per heavy atom. The molecule has 0 aliphatic rings. The first-order valence-electron chi connectivity index (χ1n) is 9.55.